The van der Waals surface area contributed by atoms with Crippen LogP contribution < -0.4 is 0 Å². The number of rotatable bonds is 4. The second kappa shape index (κ2) is 7.43. The summed E-state index contributed by atoms with van der Waals surface area (Å²) in [5, 5.41) is 3.91. The largest absolute Gasteiger partial charge is 0.365 e. The standard InChI is InChI=1S/C17H21NO2/c1-12(2)11-16(13(3)4)17(19)20-18-14(5)15-9-7-6-8-10-15/h6-11H,1-5H3/b18-14+. The summed E-state index contributed by atoms with van der Waals surface area (Å²) in [7, 11) is 0. The predicted molar refractivity (Wildman–Crippen MR) is 82.6 cm³/mol. The van der Waals surface area contributed by atoms with Gasteiger partial charge in [-0.1, -0.05) is 46.6 Å². The van der Waals surface area contributed by atoms with E-state index < -0.39 is 5.97 Å². The highest BCUT2D eigenvalue weighted by Crippen LogP contribution is 2.11. The lowest BCUT2D eigenvalue weighted by Gasteiger charge is -2.04. The molecule has 0 fully saturated rings. The molecule has 0 aliphatic carbocycles. The van der Waals surface area contributed by atoms with Crippen molar-refractivity contribution in [1.29, 1.82) is 0 Å². The highest BCUT2D eigenvalue weighted by Gasteiger charge is 2.11. The summed E-state index contributed by atoms with van der Waals surface area (Å²) in [5.74, 6) is -0.429. The molecular formula is C17H21NO2. The summed E-state index contributed by atoms with van der Waals surface area (Å²) in [5.41, 5.74) is 4.10. The van der Waals surface area contributed by atoms with Crippen molar-refractivity contribution in [2.45, 2.75) is 34.6 Å². The van der Waals surface area contributed by atoms with Crippen LogP contribution in [0.1, 0.15) is 40.2 Å². The molecule has 1 rings (SSSR count). The van der Waals surface area contributed by atoms with Crippen LogP contribution in [0.25, 0.3) is 0 Å². The maximum absolute atomic E-state index is 12.0. The molecular weight excluding hydrogens is 250 g/mol. The number of carbonyl (C=O) groups excluding carboxylic acids is 1. The third-order valence-electron chi connectivity index (χ3n) is 2.65. The van der Waals surface area contributed by atoms with Gasteiger partial charge < -0.3 is 4.84 Å². The molecule has 0 aromatic heterocycles. The summed E-state index contributed by atoms with van der Waals surface area (Å²) in [6.45, 7) is 9.45. The van der Waals surface area contributed by atoms with Crippen LogP contribution in [0.2, 0.25) is 0 Å². The number of hydrogen-bond donors (Lipinski definition) is 0. The number of benzene rings is 1. The fraction of sp³-hybridized carbons (Fsp3) is 0.294. The van der Waals surface area contributed by atoms with Crippen molar-refractivity contribution in [3.8, 4) is 0 Å². The Morgan fingerprint density at radius 3 is 2.15 bits per heavy atom. The van der Waals surface area contributed by atoms with Gasteiger partial charge in [0, 0.05) is 0 Å². The lowest BCUT2D eigenvalue weighted by atomic mass is 10.1. The van der Waals surface area contributed by atoms with E-state index in [4.69, 9.17) is 4.84 Å². The average Bonchev–Trinajstić information content (AvgIpc) is 2.42. The van der Waals surface area contributed by atoms with Gasteiger partial charge in [0.1, 0.15) is 0 Å². The Labute approximate surface area is 120 Å². The van der Waals surface area contributed by atoms with Crippen molar-refractivity contribution < 1.29 is 9.63 Å². The van der Waals surface area contributed by atoms with Gasteiger partial charge in [-0.15, -0.1) is 0 Å². The van der Waals surface area contributed by atoms with E-state index in [1.807, 2.05) is 71.0 Å². The fourth-order valence-electron chi connectivity index (χ4n) is 1.59. The number of oxime groups is 1. The van der Waals surface area contributed by atoms with E-state index in [2.05, 4.69) is 5.16 Å². The van der Waals surface area contributed by atoms with Crippen LogP contribution >= 0.6 is 0 Å². The molecule has 3 heteroatoms. The molecule has 20 heavy (non-hydrogen) atoms. The van der Waals surface area contributed by atoms with Crippen molar-refractivity contribution >= 4 is 11.7 Å². The van der Waals surface area contributed by atoms with Gasteiger partial charge in [0.2, 0.25) is 0 Å². The molecule has 1 aromatic rings. The van der Waals surface area contributed by atoms with Gasteiger partial charge >= 0.3 is 5.97 Å². The fourth-order valence-corrected chi connectivity index (χ4v) is 1.59. The molecule has 0 amide bonds. The van der Waals surface area contributed by atoms with E-state index in [9.17, 15) is 4.79 Å². The molecule has 0 N–H and O–H groups in total. The molecule has 1 aromatic carbocycles. The Morgan fingerprint density at radius 2 is 1.65 bits per heavy atom. The average molecular weight is 271 g/mol. The third-order valence-corrected chi connectivity index (χ3v) is 2.65. The van der Waals surface area contributed by atoms with Gasteiger partial charge in [0.15, 0.2) is 0 Å². The van der Waals surface area contributed by atoms with Gasteiger partial charge in [0.25, 0.3) is 0 Å². The van der Waals surface area contributed by atoms with Crippen LogP contribution in [-0.2, 0) is 9.63 Å². The second-order valence-corrected chi connectivity index (χ2v) is 5.06. The summed E-state index contributed by atoms with van der Waals surface area (Å²) >= 11 is 0. The van der Waals surface area contributed by atoms with Gasteiger partial charge in [-0.3, -0.25) is 0 Å². The van der Waals surface area contributed by atoms with Crippen LogP contribution in [-0.4, -0.2) is 11.7 Å². The highest BCUT2D eigenvalue weighted by atomic mass is 16.7. The summed E-state index contributed by atoms with van der Waals surface area (Å²) in [6.07, 6.45) is 1.81. The first-order chi connectivity index (χ1) is 9.41. The van der Waals surface area contributed by atoms with Gasteiger partial charge in [-0.25, -0.2) is 4.79 Å². The summed E-state index contributed by atoms with van der Waals surface area (Å²) < 4.78 is 0. The van der Waals surface area contributed by atoms with Crippen molar-refractivity contribution in [1.82, 2.24) is 0 Å². The number of nitrogens with zero attached hydrogens (tertiary/aromatic N) is 1. The first-order valence-electron chi connectivity index (χ1n) is 6.55. The smallest absolute Gasteiger partial charge is 0.313 e. The SMILES string of the molecule is CC(C)=CC(C(=O)O/N=C(\C)c1ccccc1)=C(C)C. The van der Waals surface area contributed by atoms with Gasteiger partial charge in [0.05, 0.1) is 11.3 Å². The molecule has 0 bridgehead atoms. The van der Waals surface area contributed by atoms with E-state index >= 15 is 0 Å². The maximum atomic E-state index is 12.0. The van der Waals surface area contributed by atoms with Crippen molar-refractivity contribution in [3.05, 3.63) is 58.7 Å². The molecule has 0 saturated heterocycles. The number of allylic oxidation sites excluding steroid dienone is 2. The second-order valence-electron chi connectivity index (χ2n) is 5.06. The normalized spacial score (nSPS) is 10.8. The molecule has 0 radical (unpaired) electrons. The van der Waals surface area contributed by atoms with E-state index in [0.717, 1.165) is 16.7 Å². The predicted octanol–water partition coefficient (Wildman–Crippen LogP) is 4.26. The molecule has 3 nitrogen and oxygen atoms in total. The van der Waals surface area contributed by atoms with Crippen molar-refractivity contribution in [2.75, 3.05) is 0 Å². The Balaban J connectivity index is 2.86. The summed E-state index contributed by atoms with van der Waals surface area (Å²) in [4.78, 5) is 17.1. The summed E-state index contributed by atoms with van der Waals surface area (Å²) in [6, 6.07) is 9.61. The Bertz CT molecular complexity index is 558. The van der Waals surface area contributed by atoms with E-state index in [1.54, 1.807) is 0 Å². The maximum Gasteiger partial charge on any atom is 0.365 e. The Hall–Kier alpha value is -2.16. The van der Waals surface area contributed by atoms with Crippen molar-refractivity contribution in [3.63, 3.8) is 0 Å². The quantitative estimate of drug-likeness (QED) is 0.270. The molecule has 0 aliphatic heterocycles. The first kappa shape index (κ1) is 15.9. The van der Waals surface area contributed by atoms with Gasteiger partial charge in [-0.2, -0.15) is 0 Å². The Morgan fingerprint density at radius 1 is 1.05 bits per heavy atom. The third kappa shape index (κ3) is 4.84. The van der Waals surface area contributed by atoms with Crippen LogP contribution in [0.3, 0.4) is 0 Å². The zero-order valence-corrected chi connectivity index (χ0v) is 12.7. The lowest BCUT2D eigenvalue weighted by molar-refractivity contribution is -0.138. The first-order valence-corrected chi connectivity index (χ1v) is 6.55. The van der Waals surface area contributed by atoms with Crippen LogP contribution in [0.4, 0.5) is 0 Å². The van der Waals surface area contributed by atoms with Crippen LogP contribution in [0, 0.1) is 0 Å². The van der Waals surface area contributed by atoms with Gasteiger partial charge in [-0.05, 0) is 46.3 Å². The topological polar surface area (TPSA) is 38.7 Å². The van der Waals surface area contributed by atoms with E-state index in [1.165, 1.54) is 0 Å². The minimum absolute atomic E-state index is 0.429. The van der Waals surface area contributed by atoms with Crippen molar-refractivity contribution in [2.24, 2.45) is 5.16 Å². The molecule has 0 heterocycles. The Kier molecular flexibility index (Phi) is 5.91. The number of hydrogen-bond acceptors (Lipinski definition) is 3. The molecule has 0 aliphatic rings. The van der Waals surface area contributed by atoms with Crippen LogP contribution in [0.15, 0.2) is 58.3 Å². The van der Waals surface area contributed by atoms with E-state index in [-0.39, 0.29) is 0 Å². The van der Waals surface area contributed by atoms with Crippen LogP contribution in [0.5, 0.6) is 0 Å². The minimum Gasteiger partial charge on any atom is -0.313 e. The monoisotopic (exact) mass is 271 g/mol. The molecule has 0 spiro atoms. The lowest BCUT2D eigenvalue weighted by Crippen LogP contribution is -2.06. The molecule has 106 valence electrons. The van der Waals surface area contributed by atoms with E-state index in [0.29, 0.717) is 11.3 Å². The number of carbonyl (C=O) groups is 1. The molecule has 0 saturated carbocycles. The zero-order chi connectivity index (χ0) is 15.1. The molecule has 0 unspecified atom stereocenters. The molecule has 0 atom stereocenters. The zero-order valence-electron chi connectivity index (χ0n) is 12.7. The minimum atomic E-state index is -0.429. The highest BCUT2D eigenvalue weighted by molar-refractivity contribution is 5.99.